The van der Waals surface area contributed by atoms with Gasteiger partial charge in [0.05, 0.1) is 45.5 Å². The summed E-state index contributed by atoms with van der Waals surface area (Å²) in [7, 11) is 0. The number of nitrogens with zero attached hydrogens (tertiary/aromatic N) is 3. The summed E-state index contributed by atoms with van der Waals surface area (Å²) >= 11 is 6.01. The second-order valence-electron chi connectivity index (χ2n) is 11.9. The molecule has 2 saturated carbocycles. The van der Waals surface area contributed by atoms with Gasteiger partial charge in [0.15, 0.2) is 5.60 Å². The van der Waals surface area contributed by atoms with Crippen molar-refractivity contribution in [1.82, 2.24) is 9.97 Å². The Morgan fingerprint density at radius 2 is 1.90 bits per heavy atom. The summed E-state index contributed by atoms with van der Waals surface area (Å²) in [5.41, 5.74) is 8.79. The molecule has 0 bridgehead atoms. The third-order valence-corrected chi connectivity index (χ3v) is 8.48. The van der Waals surface area contributed by atoms with Crippen molar-refractivity contribution in [2.45, 2.75) is 64.2 Å². The maximum atomic E-state index is 13.5. The number of hydrogen-bond donors (Lipinski definition) is 1. The molecule has 0 spiro atoms. The molecule has 210 valence electrons. The van der Waals surface area contributed by atoms with Gasteiger partial charge in [0.2, 0.25) is 0 Å². The first kappa shape index (κ1) is 26.0. The second kappa shape index (κ2) is 9.27. The first-order chi connectivity index (χ1) is 19.6. The number of ether oxygens (including phenoxy) is 2. The average molecular weight is 573 g/mol. The van der Waals surface area contributed by atoms with E-state index in [1.54, 1.807) is 55.3 Å². The molecule has 1 aromatic carbocycles. The lowest BCUT2D eigenvalue weighted by Crippen LogP contribution is -2.52. The van der Waals surface area contributed by atoms with Crippen LogP contribution in [0.4, 0.5) is 5.69 Å². The number of amides is 2. The molecule has 2 N–H and O–H groups in total. The highest BCUT2D eigenvalue weighted by Crippen LogP contribution is 2.51. The number of aromatic nitrogens is 2. The highest BCUT2D eigenvalue weighted by atomic mass is 35.5. The normalized spacial score (nSPS) is 20.8. The van der Waals surface area contributed by atoms with Crippen molar-refractivity contribution in [2.75, 3.05) is 4.90 Å². The lowest BCUT2D eigenvalue weighted by Gasteiger charge is -2.39. The number of halogens is 1. The van der Waals surface area contributed by atoms with Crippen LogP contribution in [0.15, 0.2) is 36.5 Å². The Labute approximate surface area is 242 Å². The van der Waals surface area contributed by atoms with Crippen LogP contribution in [-0.4, -0.2) is 33.4 Å². The van der Waals surface area contributed by atoms with E-state index in [0.717, 1.165) is 25.7 Å². The van der Waals surface area contributed by atoms with Crippen LogP contribution < -0.4 is 15.4 Å². The van der Waals surface area contributed by atoms with Crippen molar-refractivity contribution in [3.63, 3.8) is 0 Å². The van der Waals surface area contributed by atoms with Gasteiger partial charge < -0.3 is 15.2 Å². The highest BCUT2D eigenvalue weighted by Gasteiger charge is 2.47. The fraction of sp³-hybridized carbons (Fsp3) is 0.387. The molecule has 7 rings (SSSR count). The molecule has 2 aliphatic carbocycles. The number of fused-ring (bicyclic) bond motifs is 2. The largest absolute Gasteiger partial charge is 0.476 e. The fourth-order valence-corrected chi connectivity index (χ4v) is 5.97. The molecule has 4 aliphatic rings. The van der Waals surface area contributed by atoms with Crippen molar-refractivity contribution in [2.24, 2.45) is 17.6 Å². The van der Waals surface area contributed by atoms with Gasteiger partial charge in [-0.3, -0.25) is 24.5 Å². The average Bonchev–Trinajstić information content (AvgIpc) is 3.86. The zero-order valence-corrected chi connectivity index (χ0v) is 23.5. The molecule has 2 aromatic heterocycles. The molecule has 0 saturated heterocycles. The monoisotopic (exact) mass is 572 g/mol. The Bertz CT molecular complexity index is 1620. The molecule has 1 unspecified atom stereocenters. The van der Waals surface area contributed by atoms with E-state index in [1.807, 2.05) is 0 Å². The van der Waals surface area contributed by atoms with Crippen LogP contribution in [0.2, 0.25) is 5.02 Å². The zero-order chi connectivity index (χ0) is 28.6. The van der Waals surface area contributed by atoms with Crippen LogP contribution in [0, 0.1) is 11.8 Å². The fourth-order valence-electron chi connectivity index (χ4n) is 5.86. The van der Waals surface area contributed by atoms with Gasteiger partial charge in [-0.05, 0) is 81.7 Å². The van der Waals surface area contributed by atoms with E-state index in [2.05, 4.69) is 4.98 Å². The summed E-state index contributed by atoms with van der Waals surface area (Å²) < 4.78 is 12.0. The minimum atomic E-state index is -1.17. The summed E-state index contributed by atoms with van der Waals surface area (Å²) in [6, 6.07) is 8.83. The summed E-state index contributed by atoms with van der Waals surface area (Å²) in [6.45, 7) is 3.63. The molecule has 3 aromatic rings. The van der Waals surface area contributed by atoms with Gasteiger partial charge in [-0.1, -0.05) is 17.7 Å². The van der Waals surface area contributed by atoms with E-state index in [4.69, 9.17) is 31.8 Å². The van der Waals surface area contributed by atoms with Gasteiger partial charge in [-0.25, -0.2) is 4.79 Å². The maximum Gasteiger partial charge on any atom is 0.341 e. The van der Waals surface area contributed by atoms with Gasteiger partial charge in [0, 0.05) is 17.7 Å². The van der Waals surface area contributed by atoms with Crippen molar-refractivity contribution < 1.29 is 23.9 Å². The van der Waals surface area contributed by atoms with E-state index in [9.17, 15) is 14.4 Å². The number of carbonyl (C=O) groups is 3. The van der Waals surface area contributed by atoms with Crippen molar-refractivity contribution >= 4 is 35.1 Å². The van der Waals surface area contributed by atoms with Crippen LogP contribution in [-0.2, 0) is 22.5 Å². The first-order valence-electron chi connectivity index (χ1n) is 13.9. The quantitative estimate of drug-likeness (QED) is 0.387. The summed E-state index contributed by atoms with van der Waals surface area (Å²) in [6.07, 6.45) is 5.83. The van der Waals surface area contributed by atoms with Crippen molar-refractivity contribution in [1.29, 1.82) is 0 Å². The van der Waals surface area contributed by atoms with Gasteiger partial charge in [-0.15, -0.1) is 0 Å². The summed E-state index contributed by atoms with van der Waals surface area (Å²) in [5.74, 6) is -0.238. The number of anilines is 1. The molecule has 41 heavy (non-hydrogen) atoms. The summed E-state index contributed by atoms with van der Waals surface area (Å²) in [5, 5.41) is 0.506. The van der Waals surface area contributed by atoms with Crippen molar-refractivity contribution in [3.05, 3.63) is 69.8 Å². The number of carbonyl (C=O) groups excluding carboxylic acids is 3. The molecule has 10 heteroatoms. The molecule has 1 atom stereocenters. The SMILES string of the molecule is CC1(C)Oc2cc(-c3c(C(N)=O)c(CC4CC4)nc4c3C(=O)OC4C3CC3)ccc2N(Cc2ccc(Cl)cn2)C1=O. The maximum absolute atomic E-state index is 13.5. The van der Waals surface area contributed by atoms with Gasteiger partial charge in [0.1, 0.15) is 11.9 Å². The Balaban J connectivity index is 1.38. The number of cyclic esters (lactones) is 1. The highest BCUT2D eigenvalue weighted by molar-refractivity contribution is 6.30. The Morgan fingerprint density at radius 3 is 2.56 bits per heavy atom. The van der Waals surface area contributed by atoms with Gasteiger partial charge >= 0.3 is 5.97 Å². The lowest BCUT2D eigenvalue weighted by molar-refractivity contribution is -0.132. The number of benzene rings is 1. The number of hydrogen-bond acceptors (Lipinski definition) is 7. The molecular formula is C31H29ClN4O5. The number of rotatable bonds is 7. The molecule has 4 heterocycles. The zero-order valence-electron chi connectivity index (χ0n) is 22.8. The van der Waals surface area contributed by atoms with Crippen molar-refractivity contribution in [3.8, 4) is 16.9 Å². The van der Waals surface area contributed by atoms with E-state index in [0.29, 0.717) is 62.6 Å². The lowest BCUT2D eigenvalue weighted by atomic mass is 9.89. The minimum Gasteiger partial charge on any atom is -0.476 e. The Morgan fingerprint density at radius 1 is 1.12 bits per heavy atom. The van der Waals surface area contributed by atoms with Crippen LogP contribution in [0.3, 0.4) is 0 Å². The molecule has 0 radical (unpaired) electrons. The third-order valence-electron chi connectivity index (χ3n) is 8.26. The standard InChI is InChI=1S/C31H29ClN4O5/c1-31(2)30(39)36(14-19-9-8-18(32)13-34-19)21-10-7-17(12-22(21)41-31)23-24(28(33)37)20(11-15-3-4-15)35-26-25(23)29(38)40-27(26)16-5-6-16/h7-10,12-13,15-16,27H,3-6,11,14H2,1-2H3,(H2,33,37). The Kier molecular flexibility index (Phi) is 5.87. The number of pyridine rings is 2. The third kappa shape index (κ3) is 4.52. The van der Waals surface area contributed by atoms with E-state index < -0.39 is 23.6 Å². The van der Waals surface area contributed by atoms with Crippen LogP contribution >= 0.6 is 11.6 Å². The van der Waals surface area contributed by atoms with Crippen LogP contribution in [0.5, 0.6) is 5.75 Å². The molecular weight excluding hydrogens is 544 g/mol. The number of nitrogens with two attached hydrogens (primary N) is 1. The molecule has 2 fully saturated rings. The number of primary amides is 1. The predicted octanol–water partition coefficient (Wildman–Crippen LogP) is 5.17. The second-order valence-corrected chi connectivity index (χ2v) is 12.3. The van der Waals surface area contributed by atoms with Gasteiger partial charge in [0.25, 0.3) is 11.8 Å². The Hall–Kier alpha value is -3.98. The van der Waals surface area contributed by atoms with Crippen LogP contribution in [0.1, 0.15) is 83.4 Å². The van der Waals surface area contributed by atoms with Crippen LogP contribution in [0.25, 0.3) is 11.1 Å². The molecule has 9 nitrogen and oxygen atoms in total. The first-order valence-corrected chi connectivity index (χ1v) is 14.3. The van der Waals surface area contributed by atoms with E-state index in [-0.39, 0.29) is 23.9 Å². The molecule has 2 amide bonds. The topological polar surface area (TPSA) is 125 Å². The molecule has 2 aliphatic heterocycles. The smallest absolute Gasteiger partial charge is 0.341 e. The minimum absolute atomic E-state index is 0.216. The summed E-state index contributed by atoms with van der Waals surface area (Å²) in [4.78, 5) is 50.6. The van der Waals surface area contributed by atoms with Gasteiger partial charge in [-0.2, -0.15) is 0 Å². The predicted molar refractivity (Wildman–Crippen MR) is 151 cm³/mol. The van der Waals surface area contributed by atoms with E-state index in [1.165, 1.54) is 0 Å². The number of esters is 1. The van der Waals surface area contributed by atoms with E-state index >= 15 is 0 Å².